The van der Waals surface area contributed by atoms with Crippen LogP contribution in [0, 0.1) is 12.8 Å². The topological polar surface area (TPSA) is 108 Å². The number of sulfonamides is 1. The zero-order valence-electron chi connectivity index (χ0n) is 18.3. The standard InChI is InChI=1S/C22H28N4O4S/c1-13(2)21(22(28)24-20-8-6-7-14(3)23-20)25-31(29,30)18-9-10-19-17(12-18)11-15(4)26(19)16(5)27/h6-10,12-13,15,21,25H,11H2,1-5H3,(H,23,24,28)/t15-,21+/m0/s1. The number of fused-ring (bicyclic) bond motifs is 1. The summed E-state index contributed by atoms with van der Waals surface area (Å²) in [5, 5.41) is 2.68. The second kappa shape index (κ2) is 8.76. The quantitative estimate of drug-likeness (QED) is 0.712. The van der Waals surface area contributed by atoms with Gasteiger partial charge in [0, 0.05) is 24.3 Å². The first kappa shape index (κ1) is 22.9. The van der Waals surface area contributed by atoms with E-state index in [-0.39, 0.29) is 22.8 Å². The van der Waals surface area contributed by atoms with Gasteiger partial charge in [-0.05, 0) is 62.1 Å². The van der Waals surface area contributed by atoms with Crippen LogP contribution in [0.25, 0.3) is 0 Å². The lowest BCUT2D eigenvalue weighted by molar-refractivity contribution is -0.119. The molecule has 1 aliphatic heterocycles. The van der Waals surface area contributed by atoms with Crippen LogP contribution in [0.4, 0.5) is 11.5 Å². The average molecular weight is 445 g/mol. The van der Waals surface area contributed by atoms with Crippen molar-refractivity contribution in [2.45, 2.75) is 58.0 Å². The molecule has 0 unspecified atom stereocenters. The minimum Gasteiger partial charge on any atom is -0.309 e. The zero-order valence-corrected chi connectivity index (χ0v) is 19.2. The van der Waals surface area contributed by atoms with Crippen LogP contribution in [0.5, 0.6) is 0 Å². The number of benzene rings is 1. The van der Waals surface area contributed by atoms with Gasteiger partial charge in [0.05, 0.1) is 4.90 Å². The van der Waals surface area contributed by atoms with Crippen molar-refractivity contribution < 1.29 is 18.0 Å². The number of pyridine rings is 1. The van der Waals surface area contributed by atoms with Gasteiger partial charge in [-0.3, -0.25) is 9.59 Å². The van der Waals surface area contributed by atoms with E-state index in [1.807, 2.05) is 6.92 Å². The van der Waals surface area contributed by atoms with E-state index >= 15 is 0 Å². The summed E-state index contributed by atoms with van der Waals surface area (Å²) in [7, 11) is -3.96. The summed E-state index contributed by atoms with van der Waals surface area (Å²) in [5.74, 6) is -0.483. The molecule has 0 aliphatic carbocycles. The molecule has 0 saturated carbocycles. The molecule has 2 amide bonds. The molecule has 2 atom stereocenters. The lowest BCUT2D eigenvalue weighted by Gasteiger charge is -2.22. The Morgan fingerprint density at radius 2 is 1.90 bits per heavy atom. The van der Waals surface area contributed by atoms with E-state index in [1.54, 1.807) is 56.0 Å². The van der Waals surface area contributed by atoms with E-state index in [0.29, 0.717) is 12.2 Å². The Hall–Kier alpha value is -2.78. The van der Waals surface area contributed by atoms with Gasteiger partial charge in [-0.2, -0.15) is 4.72 Å². The highest BCUT2D eigenvalue weighted by atomic mass is 32.2. The first-order valence-corrected chi connectivity index (χ1v) is 11.7. The molecule has 0 bridgehead atoms. The van der Waals surface area contributed by atoms with Gasteiger partial charge in [0.15, 0.2) is 0 Å². The van der Waals surface area contributed by atoms with Gasteiger partial charge < -0.3 is 10.2 Å². The van der Waals surface area contributed by atoms with Crippen molar-refractivity contribution in [3.05, 3.63) is 47.7 Å². The van der Waals surface area contributed by atoms with Gasteiger partial charge in [0.25, 0.3) is 0 Å². The molecule has 2 heterocycles. The fourth-order valence-electron chi connectivity index (χ4n) is 3.80. The predicted molar refractivity (Wildman–Crippen MR) is 119 cm³/mol. The van der Waals surface area contributed by atoms with Crippen LogP contribution in [0.15, 0.2) is 41.3 Å². The number of hydrogen-bond acceptors (Lipinski definition) is 5. The molecule has 8 nitrogen and oxygen atoms in total. The van der Waals surface area contributed by atoms with Crippen LogP contribution in [0.1, 0.15) is 39.0 Å². The fourth-order valence-corrected chi connectivity index (χ4v) is 5.19. The maximum Gasteiger partial charge on any atom is 0.243 e. The first-order chi connectivity index (χ1) is 14.5. The van der Waals surface area contributed by atoms with Crippen molar-refractivity contribution >= 4 is 33.3 Å². The smallest absolute Gasteiger partial charge is 0.243 e. The van der Waals surface area contributed by atoms with Gasteiger partial charge >= 0.3 is 0 Å². The number of nitrogens with zero attached hydrogens (tertiary/aromatic N) is 2. The number of aromatic nitrogens is 1. The number of carbonyl (C=O) groups excluding carboxylic acids is 2. The number of amides is 2. The summed E-state index contributed by atoms with van der Waals surface area (Å²) in [4.78, 5) is 30.7. The molecule has 2 aromatic rings. The number of carbonyl (C=O) groups is 2. The highest BCUT2D eigenvalue weighted by Crippen LogP contribution is 2.34. The highest BCUT2D eigenvalue weighted by molar-refractivity contribution is 7.89. The molecular formula is C22H28N4O4S. The molecule has 1 aliphatic rings. The van der Waals surface area contributed by atoms with Gasteiger partial charge in [0.2, 0.25) is 21.8 Å². The third-order valence-corrected chi connectivity index (χ3v) is 6.73. The molecule has 166 valence electrons. The Morgan fingerprint density at radius 3 is 2.52 bits per heavy atom. The summed E-state index contributed by atoms with van der Waals surface area (Å²) in [5.41, 5.74) is 2.26. The number of nitrogens with one attached hydrogen (secondary N) is 2. The van der Waals surface area contributed by atoms with E-state index in [0.717, 1.165) is 16.9 Å². The molecular weight excluding hydrogens is 416 g/mol. The summed E-state index contributed by atoms with van der Waals surface area (Å²) < 4.78 is 28.7. The molecule has 1 aromatic carbocycles. The molecule has 0 fully saturated rings. The van der Waals surface area contributed by atoms with E-state index < -0.39 is 22.0 Å². The monoisotopic (exact) mass is 444 g/mol. The minimum atomic E-state index is -3.96. The van der Waals surface area contributed by atoms with Crippen molar-refractivity contribution in [2.75, 3.05) is 10.2 Å². The normalized spacial score (nSPS) is 16.8. The van der Waals surface area contributed by atoms with Crippen molar-refractivity contribution in [1.82, 2.24) is 9.71 Å². The Morgan fingerprint density at radius 1 is 1.19 bits per heavy atom. The Labute approximate surface area is 183 Å². The minimum absolute atomic E-state index is 0.0329. The highest BCUT2D eigenvalue weighted by Gasteiger charge is 2.32. The van der Waals surface area contributed by atoms with Crippen molar-refractivity contribution in [1.29, 1.82) is 0 Å². The maximum absolute atomic E-state index is 13.1. The predicted octanol–water partition coefficient (Wildman–Crippen LogP) is 2.63. The van der Waals surface area contributed by atoms with Crippen LogP contribution in [-0.4, -0.2) is 37.3 Å². The lowest BCUT2D eigenvalue weighted by Crippen LogP contribution is -2.47. The van der Waals surface area contributed by atoms with Crippen LogP contribution in [0.3, 0.4) is 0 Å². The van der Waals surface area contributed by atoms with Crippen LogP contribution >= 0.6 is 0 Å². The van der Waals surface area contributed by atoms with Gasteiger partial charge in [-0.1, -0.05) is 19.9 Å². The van der Waals surface area contributed by atoms with Crippen molar-refractivity contribution in [2.24, 2.45) is 5.92 Å². The number of hydrogen-bond donors (Lipinski definition) is 2. The molecule has 3 rings (SSSR count). The van der Waals surface area contributed by atoms with Crippen molar-refractivity contribution in [3.63, 3.8) is 0 Å². The number of aryl methyl sites for hydroxylation is 1. The maximum atomic E-state index is 13.1. The van der Waals surface area contributed by atoms with E-state index in [2.05, 4.69) is 15.0 Å². The summed E-state index contributed by atoms with van der Waals surface area (Å²) in [6.45, 7) is 8.76. The van der Waals surface area contributed by atoms with Gasteiger partial charge in [-0.15, -0.1) is 0 Å². The second-order valence-electron chi connectivity index (χ2n) is 8.23. The number of rotatable bonds is 6. The van der Waals surface area contributed by atoms with Crippen LogP contribution < -0.4 is 14.9 Å². The molecule has 9 heteroatoms. The SMILES string of the molecule is CC(=O)N1c2ccc(S(=O)(=O)N[C@@H](C(=O)Nc3cccc(C)n3)C(C)C)cc2C[C@@H]1C. The van der Waals surface area contributed by atoms with Gasteiger partial charge in [-0.25, -0.2) is 13.4 Å². The summed E-state index contributed by atoms with van der Waals surface area (Å²) >= 11 is 0. The first-order valence-electron chi connectivity index (χ1n) is 10.2. The molecule has 0 radical (unpaired) electrons. The lowest BCUT2D eigenvalue weighted by atomic mass is 10.1. The zero-order chi connectivity index (χ0) is 22.9. The summed E-state index contributed by atoms with van der Waals surface area (Å²) in [6, 6.07) is 8.90. The van der Waals surface area contributed by atoms with Crippen LogP contribution in [0.2, 0.25) is 0 Å². The van der Waals surface area contributed by atoms with Crippen molar-refractivity contribution in [3.8, 4) is 0 Å². The Bertz CT molecular complexity index is 1110. The summed E-state index contributed by atoms with van der Waals surface area (Å²) in [6.07, 6.45) is 0.575. The molecule has 2 N–H and O–H groups in total. The fraction of sp³-hybridized carbons (Fsp3) is 0.409. The van der Waals surface area contributed by atoms with Crippen LogP contribution in [-0.2, 0) is 26.0 Å². The third kappa shape index (κ3) is 4.94. The molecule has 0 saturated heterocycles. The van der Waals surface area contributed by atoms with E-state index in [4.69, 9.17) is 0 Å². The average Bonchev–Trinajstić information content (AvgIpc) is 3.00. The largest absolute Gasteiger partial charge is 0.309 e. The molecule has 0 spiro atoms. The Balaban J connectivity index is 1.83. The van der Waals surface area contributed by atoms with Gasteiger partial charge in [0.1, 0.15) is 11.9 Å². The third-order valence-electron chi connectivity index (χ3n) is 5.29. The number of anilines is 2. The molecule has 1 aromatic heterocycles. The second-order valence-corrected chi connectivity index (χ2v) is 9.94. The van der Waals surface area contributed by atoms with E-state index in [9.17, 15) is 18.0 Å². The molecule has 31 heavy (non-hydrogen) atoms. The van der Waals surface area contributed by atoms with E-state index in [1.165, 1.54) is 13.0 Å². The Kier molecular flexibility index (Phi) is 6.47.